The van der Waals surface area contributed by atoms with Crippen LogP contribution in [0.25, 0.3) is 0 Å². The van der Waals surface area contributed by atoms with E-state index in [1.165, 1.54) is 19.3 Å². The van der Waals surface area contributed by atoms with Crippen molar-refractivity contribution in [1.29, 1.82) is 0 Å². The lowest BCUT2D eigenvalue weighted by atomic mass is 10.1. The van der Waals surface area contributed by atoms with Gasteiger partial charge in [-0.2, -0.15) is 0 Å². The van der Waals surface area contributed by atoms with Gasteiger partial charge in [0.25, 0.3) is 0 Å². The van der Waals surface area contributed by atoms with Crippen LogP contribution in [0, 0.1) is 5.92 Å². The van der Waals surface area contributed by atoms with Crippen LogP contribution < -0.4 is 5.32 Å². The van der Waals surface area contributed by atoms with Crippen molar-refractivity contribution in [1.82, 2.24) is 10.2 Å². The molecule has 1 saturated carbocycles. The summed E-state index contributed by atoms with van der Waals surface area (Å²) < 4.78 is 0. The molecule has 3 nitrogen and oxygen atoms in total. The molecular weight excluding hydrogens is 164 g/mol. The summed E-state index contributed by atoms with van der Waals surface area (Å²) in [6.07, 6.45) is 3.84. The average Bonchev–Trinajstić information content (AvgIpc) is 2.74. The Hall–Kier alpha value is -0.570. The first kappa shape index (κ1) is 9.00. The minimum atomic E-state index is 0.300. The lowest BCUT2D eigenvalue weighted by Crippen LogP contribution is -2.42. The van der Waals surface area contributed by atoms with E-state index < -0.39 is 0 Å². The van der Waals surface area contributed by atoms with Crippen LogP contribution in [0.3, 0.4) is 0 Å². The summed E-state index contributed by atoms with van der Waals surface area (Å²) in [5.74, 6) is 1.12. The number of carbonyl (C=O) groups excluding carboxylic acids is 1. The molecule has 0 aromatic carbocycles. The van der Waals surface area contributed by atoms with Crippen LogP contribution in [0.1, 0.15) is 26.2 Å². The molecule has 1 heterocycles. The molecule has 0 aromatic heterocycles. The lowest BCUT2D eigenvalue weighted by Gasteiger charge is -2.27. The molecule has 1 aliphatic carbocycles. The van der Waals surface area contributed by atoms with E-state index in [9.17, 15) is 4.79 Å². The van der Waals surface area contributed by atoms with E-state index in [4.69, 9.17) is 0 Å². The predicted octanol–water partition coefficient (Wildman–Crippen LogP) is 0.607. The number of likely N-dealkylation sites (tertiary alicyclic amines) is 1. The van der Waals surface area contributed by atoms with E-state index in [-0.39, 0.29) is 0 Å². The second kappa shape index (κ2) is 3.66. The zero-order chi connectivity index (χ0) is 9.26. The SMILES string of the molecule is CCNCC(=O)N1CC2CCC1C2. The summed E-state index contributed by atoms with van der Waals surface area (Å²) in [7, 11) is 0. The highest BCUT2D eigenvalue weighted by Crippen LogP contribution is 2.37. The number of hydrogen-bond donors (Lipinski definition) is 1. The highest BCUT2D eigenvalue weighted by Gasteiger charge is 2.39. The molecule has 74 valence electrons. The third-order valence-electron chi connectivity index (χ3n) is 3.26. The highest BCUT2D eigenvalue weighted by atomic mass is 16.2. The topological polar surface area (TPSA) is 32.3 Å². The number of carbonyl (C=O) groups is 1. The first-order valence-electron chi connectivity index (χ1n) is 5.31. The molecular formula is C10H18N2O. The van der Waals surface area contributed by atoms with Crippen LogP contribution in [0.15, 0.2) is 0 Å². The van der Waals surface area contributed by atoms with Crippen molar-refractivity contribution in [2.24, 2.45) is 5.92 Å². The zero-order valence-electron chi connectivity index (χ0n) is 8.25. The van der Waals surface area contributed by atoms with E-state index >= 15 is 0 Å². The summed E-state index contributed by atoms with van der Waals surface area (Å²) in [6.45, 7) is 4.46. The largest absolute Gasteiger partial charge is 0.338 e. The molecule has 2 fully saturated rings. The third kappa shape index (κ3) is 1.70. The third-order valence-corrected chi connectivity index (χ3v) is 3.26. The maximum absolute atomic E-state index is 11.7. The Kier molecular flexibility index (Phi) is 2.54. The number of nitrogens with zero attached hydrogens (tertiary/aromatic N) is 1. The smallest absolute Gasteiger partial charge is 0.236 e. The maximum atomic E-state index is 11.7. The van der Waals surface area contributed by atoms with Gasteiger partial charge < -0.3 is 10.2 Å². The van der Waals surface area contributed by atoms with Gasteiger partial charge in [0.15, 0.2) is 0 Å². The molecule has 0 aromatic rings. The van der Waals surface area contributed by atoms with Crippen LogP contribution in [-0.4, -0.2) is 36.5 Å². The molecule has 2 aliphatic rings. The summed E-state index contributed by atoms with van der Waals surface area (Å²) in [5.41, 5.74) is 0. The molecule has 13 heavy (non-hydrogen) atoms. The minimum Gasteiger partial charge on any atom is -0.338 e. The summed E-state index contributed by atoms with van der Waals surface area (Å²) in [6, 6.07) is 0.580. The Labute approximate surface area is 79.5 Å². The van der Waals surface area contributed by atoms with Gasteiger partial charge in [0.1, 0.15) is 0 Å². The fourth-order valence-corrected chi connectivity index (χ4v) is 2.56. The van der Waals surface area contributed by atoms with E-state index in [0.29, 0.717) is 18.5 Å². The van der Waals surface area contributed by atoms with E-state index in [0.717, 1.165) is 19.0 Å². The standard InChI is InChI=1S/C10H18N2O/c1-2-11-6-10(13)12-7-8-3-4-9(12)5-8/h8-9,11H,2-7H2,1H3. The molecule has 2 bridgehead atoms. The van der Waals surface area contributed by atoms with Gasteiger partial charge in [-0.05, 0) is 31.7 Å². The van der Waals surface area contributed by atoms with Crippen LogP contribution in [-0.2, 0) is 4.79 Å². The van der Waals surface area contributed by atoms with Gasteiger partial charge in [0, 0.05) is 12.6 Å². The van der Waals surface area contributed by atoms with Crippen LogP contribution >= 0.6 is 0 Å². The molecule has 1 N–H and O–H groups in total. The van der Waals surface area contributed by atoms with Crippen molar-refractivity contribution < 1.29 is 4.79 Å². The summed E-state index contributed by atoms with van der Waals surface area (Å²) in [4.78, 5) is 13.7. The monoisotopic (exact) mass is 182 g/mol. The van der Waals surface area contributed by atoms with Crippen molar-refractivity contribution in [3.8, 4) is 0 Å². The van der Waals surface area contributed by atoms with Crippen LogP contribution in [0.5, 0.6) is 0 Å². The molecule has 2 rings (SSSR count). The Balaban J connectivity index is 1.84. The fraction of sp³-hybridized carbons (Fsp3) is 0.900. The van der Waals surface area contributed by atoms with E-state index in [2.05, 4.69) is 10.2 Å². The number of nitrogens with one attached hydrogen (secondary N) is 1. The summed E-state index contributed by atoms with van der Waals surface area (Å²) >= 11 is 0. The normalized spacial score (nSPS) is 31.3. The quantitative estimate of drug-likeness (QED) is 0.693. The van der Waals surface area contributed by atoms with E-state index in [1.807, 2.05) is 6.92 Å². The molecule has 0 radical (unpaired) electrons. The average molecular weight is 182 g/mol. The summed E-state index contributed by atoms with van der Waals surface area (Å²) in [5, 5.41) is 3.09. The molecule has 3 heteroatoms. The van der Waals surface area contributed by atoms with Crippen molar-refractivity contribution in [2.75, 3.05) is 19.6 Å². The van der Waals surface area contributed by atoms with Crippen LogP contribution in [0.2, 0.25) is 0 Å². The van der Waals surface area contributed by atoms with Crippen molar-refractivity contribution in [3.63, 3.8) is 0 Å². The zero-order valence-corrected chi connectivity index (χ0v) is 8.25. The van der Waals surface area contributed by atoms with Crippen LogP contribution in [0.4, 0.5) is 0 Å². The Morgan fingerprint density at radius 2 is 2.38 bits per heavy atom. The van der Waals surface area contributed by atoms with Gasteiger partial charge in [0.2, 0.25) is 5.91 Å². The molecule has 1 amide bonds. The Morgan fingerprint density at radius 3 is 2.92 bits per heavy atom. The fourth-order valence-electron chi connectivity index (χ4n) is 2.56. The maximum Gasteiger partial charge on any atom is 0.236 e. The predicted molar refractivity (Wildman–Crippen MR) is 51.4 cm³/mol. The first-order chi connectivity index (χ1) is 6.31. The second-order valence-corrected chi connectivity index (χ2v) is 4.16. The minimum absolute atomic E-state index is 0.300. The number of fused-ring (bicyclic) bond motifs is 2. The Morgan fingerprint density at radius 1 is 1.54 bits per heavy atom. The molecule has 1 saturated heterocycles. The van der Waals surface area contributed by atoms with Gasteiger partial charge in [-0.3, -0.25) is 4.79 Å². The number of rotatable bonds is 3. The van der Waals surface area contributed by atoms with Gasteiger partial charge in [0.05, 0.1) is 6.54 Å². The van der Waals surface area contributed by atoms with Crippen molar-refractivity contribution in [2.45, 2.75) is 32.2 Å². The van der Waals surface area contributed by atoms with Crippen molar-refractivity contribution in [3.05, 3.63) is 0 Å². The molecule has 0 spiro atoms. The second-order valence-electron chi connectivity index (χ2n) is 4.16. The number of amides is 1. The number of likely N-dealkylation sites (N-methyl/N-ethyl adjacent to an activating group) is 1. The molecule has 1 aliphatic heterocycles. The van der Waals surface area contributed by atoms with Crippen molar-refractivity contribution >= 4 is 5.91 Å². The van der Waals surface area contributed by atoms with Gasteiger partial charge in [-0.25, -0.2) is 0 Å². The van der Waals surface area contributed by atoms with Gasteiger partial charge in [-0.1, -0.05) is 6.92 Å². The first-order valence-corrected chi connectivity index (χ1v) is 5.31. The van der Waals surface area contributed by atoms with Gasteiger partial charge in [-0.15, -0.1) is 0 Å². The van der Waals surface area contributed by atoms with Gasteiger partial charge >= 0.3 is 0 Å². The molecule has 2 atom stereocenters. The highest BCUT2D eigenvalue weighted by molar-refractivity contribution is 5.79. The lowest BCUT2D eigenvalue weighted by molar-refractivity contribution is -0.131. The number of hydrogen-bond acceptors (Lipinski definition) is 2. The molecule has 2 unspecified atom stereocenters. The van der Waals surface area contributed by atoms with E-state index in [1.54, 1.807) is 0 Å². The Bertz CT molecular complexity index is 205. The number of piperidine rings is 1.